The van der Waals surface area contributed by atoms with Crippen LogP contribution in [0.4, 0.5) is 0 Å². The Bertz CT molecular complexity index is 276. The molecule has 0 aromatic rings. The zero-order valence-electron chi connectivity index (χ0n) is 10.9. The van der Waals surface area contributed by atoms with Crippen molar-refractivity contribution in [3.05, 3.63) is 12.5 Å². The van der Waals surface area contributed by atoms with Crippen LogP contribution in [0, 0.1) is 0 Å². The van der Waals surface area contributed by atoms with Gasteiger partial charge < -0.3 is 15.0 Å². The maximum Gasteiger partial charge on any atom is 0.198 e. The van der Waals surface area contributed by atoms with E-state index >= 15 is 0 Å². The minimum Gasteiger partial charge on any atom is -0.498 e. The fourth-order valence-electron chi connectivity index (χ4n) is 1.34. The van der Waals surface area contributed by atoms with Crippen molar-refractivity contribution < 1.29 is 4.74 Å². The number of guanidine groups is 1. The second-order valence-electron chi connectivity index (χ2n) is 5.27. The van der Waals surface area contributed by atoms with Gasteiger partial charge in [0.15, 0.2) is 5.96 Å². The van der Waals surface area contributed by atoms with E-state index in [9.17, 15) is 0 Å². The first kappa shape index (κ1) is 12.9. The molecule has 1 aliphatic rings. The van der Waals surface area contributed by atoms with Crippen LogP contribution < -0.4 is 5.32 Å². The number of nitrogens with one attached hydrogen (secondary N) is 1. The summed E-state index contributed by atoms with van der Waals surface area (Å²) in [5, 5.41) is 3.43. The van der Waals surface area contributed by atoms with Crippen LogP contribution in [0.3, 0.4) is 0 Å². The lowest BCUT2D eigenvalue weighted by molar-refractivity contribution is 0.201. The summed E-state index contributed by atoms with van der Waals surface area (Å²) in [6, 6.07) is 0.279. The van der Waals surface area contributed by atoms with Crippen molar-refractivity contribution in [2.24, 2.45) is 4.99 Å². The molecule has 0 aliphatic carbocycles. The molecular weight excluding hydrogens is 202 g/mol. The van der Waals surface area contributed by atoms with E-state index in [4.69, 9.17) is 4.74 Å². The van der Waals surface area contributed by atoms with Gasteiger partial charge in [-0.25, -0.2) is 0 Å². The molecule has 0 saturated carbocycles. The number of hydrogen-bond acceptors (Lipinski definition) is 2. The summed E-state index contributed by atoms with van der Waals surface area (Å²) in [7, 11) is 0. The number of hydrogen-bond donors (Lipinski definition) is 1. The fourth-order valence-corrected chi connectivity index (χ4v) is 1.34. The molecule has 1 N–H and O–H groups in total. The lowest BCUT2D eigenvalue weighted by Crippen LogP contribution is -2.49. The second kappa shape index (κ2) is 5.23. The highest BCUT2D eigenvalue weighted by molar-refractivity contribution is 5.81. The molecule has 1 heterocycles. The van der Waals surface area contributed by atoms with Gasteiger partial charge >= 0.3 is 0 Å². The number of ether oxygens (including phenoxy) is 1. The number of rotatable bonds is 1. The first-order chi connectivity index (χ1) is 7.38. The highest BCUT2D eigenvalue weighted by atomic mass is 16.5. The molecule has 16 heavy (non-hydrogen) atoms. The lowest BCUT2D eigenvalue weighted by atomic mass is 10.1. The van der Waals surface area contributed by atoms with E-state index in [0.717, 1.165) is 12.5 Å². The SMILES string of the molecule is CC(C)N=C(NC(C)(C)C)N1C=COCC1. The topological polar surface area (TPSA) is 36.9 Å². The molecule has 4 heteroatoms. The van der Waals surface area contributed by atoms with E-state index < -0.39 is 0 Å². The van der Waals surface area contributed by atoms with Crippen LogP contribution in [0.15, 0.2) is 17.5 Å². The maximum atomic E-state index is 5.18. The minimum absolute atomic E-state index is 0.0138. The Morgan fingerprint density at radius 3 is 2.56 bits per heavy atom. The summed E-state index contributed by atoms with van der Waals surface area (Å²) < 4.78 is 5.18. The monoisotopic (exact) mass is 225 g/mol. The standard InChI is InChI=1S/C12H23N3O/c1-10(2)13-11(14-12(3,4)5)15-6-8-16-9-7-15/h6,8,10H,7,9H2,1-5H3,(H,13,14). The Kier molecular flexibility index (Phi) is 4.21. The van der Waals surface area contributed by atoms with Crippen LogP contribution in [0.2, 0.25) is 0 Å². The predicted molar refractivity (Wildman–Crippen MR) is 67.3 cm³/mol. The Balaban J connectivity index is 2.78. The number of aliphatic imine (C=N–C) groups is 1. The van der Waals surface area contributed by atoms with Gasteiger partial charge in [0.2, 0.25) is 0 Å². The van der Waals surface area contributed by atoms with Crippen molar-refractivity contribution in [2.45, 2.75) is 46.2 Å². The maximum absolute atomic E-state index is 5.18. The first-order valence-electron chi connectivity index (χ1n) is 5.79. The molecule has 1 rings (SSSR count). The van der Waals surface area contributed by atoms with Gasteiger partial charge in [0, 0.05) is 17.8 Å². The minimum atomic E-state index is 0.0138. The molecule has 0 aromatic carbocycles. The highest BCUT2D eigenvalue weighted by Gasteiger charge is 2.18. The highest BCUT2D eigenvalue weighted by Crippen LogP contribution is 2.06. The average molecular weight is 225 g/mol. The quantitative estimate of drug-likeness (QED) is 0.547. The Morgan fingerprint density at radius 1 is 1.44 bits per heavy atom. The van der Waals surface area contributed by atoms with Crippen LogP contribution in [0.25, 0.3) is 0 Å². The van der Waals surface area contributed by atoms with Crippen LogP contribution >= 0.6 is 0 Å². The van der Waals surface area contributed by atoms with Gasteiger partial charge in [-0.1, -0.05) is 0 Å². The van der Waals surface area contributed by atoms with E-state index in [1.807, 2.05) is 6.20 Å². The van der Waals surface area contributed by atoms with Crippen molar-refractivity contribution in [1.29, 1.82) is 0 Å². The third kappa shape index (κ3) is 4.55. The molecule has 4 nitrogen and oxygen atoms in total. The molecular formula is C12H23N3O. The fraction of sp³-hybridized carbons (Fsp3) is 0.750. The molecule has 1 aliphatic heterocycles. The molecule has 0 unspecified atom stereocenters. The molecule has 0 spiro atoms. The van der Waals surface area contributed by atoms with Gasteiger partial charge in [0.05, 0.1) is 12.8 Å². The van der Waals surface area contributed by atoms with Crippen molar-refractivity contribution in [2.75, 3.05) is 13.2 Å². The molecule has 0 amide bonds. The largest absolute Gasteiger partial charge is 0.498 e. The van der Waals surface area contributed by atoms with Crippen molar-refractivity contribution in [3.8, 4) is 0 Å². The third-order valence-corrected chi connectivity index (χ3v) is 1.93. The van der Waals surface area contributed by atoms with E-state index in [0.29, 0.717) is 6.61 Å². The van der Waals surface area contributed by atoms with E-state index in [-0.39, 0.29) is 11.6 Å². The zero-order chi connectivity index (χ0) is 12.2. The summed E-state index contributed by atoms with van der Waals surface area (Å²) in [6.07, 6.45) is 3.63. The molecule has 0 atom stereocenters. The van der Waals surface area contributed by atoms with Crippen LogP contribution in [0.5, 0.6) is 0 Å². The summed E-state index contributed by atoms with van der Waals surface area (Å²) >= 11 is 0. The lowest BCUT2D eigenvalue weighted by Gasteiger charge is -2.31. The van der Waals surface area contributed by atoms with E-state index in [1.165, 1.54) is 0 Å². The first-order valence-corrected chi connectivity index (χ1v) is 5.79. The van der Waals surface area contributed by atoms with Gasteiger partial charge in [-0.2, -0.15) is 0 Å². The van der Waals surface area contributed by atoms with Gasteiger partial charge in [0.25, 0.3) is 0 Å². The summed E-state index contributed by atoms with van der Waals surface area (Å²) in [5.74, 6) is 0.919. The zero-order valence-corrected chi connectivity index (χ0v) is 10.9. The Hall–Kier alpha value is -1.19. The molecule has 0 radical (unpaired) electrons. The average Bonchev–Trinajstić information content (AvgIpc) is 2.15. The van der Waals surface area contributed by atoms with Crippen LogP contribution in [-0.4, -0.2) is 35.6 Å². The van der Waals surface area contributed by atoms with Crippen molar-refractivity contribution >= 4 is 5.96 Å². The summed E-state index contributed by atoms with van der Waals surface area (Å²) in [4.78, 5) is 6.70. The van der Waals surface area contributed by atoms with Crippen LogP contribution in [0.1, 0.15) is 34.6 Å². The molecule has 0 saturated heterocycles. The van der Waals surface area contributed by atoms with Gasteiger partial charge in [-0.15, -0.1) is 0 Å². The molecule has 92 valence electrons. The summed E-state index contributed by atoms with van der Waals surface area (Å²) in [6.45, 7) is 12.1. The normalized spacial score (nSPS) is 17.6. The van der Waals surface area contributed by atoms with E-state index in [2.05, 4.69) is 49.8 Å². The molecule has 0 fully saturated rings. The van der Waals surface area contributed by atoms with Gasteiger partial charge in [-0.05, 0) is 34.6 Å². The van der Waals surface area contributed by atoms with Crippen molar-refractivity contribution in [3.63, 3.8) is 0 Å². The van der Waals surface area contributed by atoms with Gasteiger partial charge in [-0.3, -0.25) is 4.99 Å². The predicted octanol–water partition coefficient (Wildman–Crippen LogP) is 1.94. The van der Waals surface area contributed by atoms with Gasteiger partial charge in [0.1, 0.15) is 6.61 Å². The Labute approximate surface area is 98.4 Å². The van der Waals surface area contributed by atoms with Crippen molar-refractivity contribution in [1.82, 2.24) is 10.2 Å². The third-order valence-electron chi connectivity index (χ3n) is 1.93. The summed E-state index contributed by atoms with van der Waals surface area (Å²) in [5.41, 5.74) is 0.0138. The van der Waals surface area contributed by atoms with Crippen LogP contribution in [-0.2, 0) is 4.74 Å². The molecule has 0 aromatic heterocycles. The smallest absolute Gasteiger partial charge is 0.198 e. The Morgan fingerprint density at radius 2 is 2.12 bits per heavy atom. The van der Waals surface area contributed by atoms with E-state index in [1.54, 1.807) is 6.26 Å². The second-order valence-corrected chi connectivity index (χ2v) is 5.27. The molecule has 0 bridgehead atoms. The number of nitrogens with zero attached hydrogens (tertiary/aromatic N) is 2.